The zero-order valence-corrected chi connectivity index (χ0v) is 20.2. The fraction of sp³-hybridized carbons (Fsp3) is 0.727. The van der Waals surface area contributed by atoms with Gasteiger partial charge in [0.15, 0.2) is 0 Å². The van der Waals surface area contributed by atoms with Gasteiger partial charge < -0.3 is 10.2 Å². The molecule has 0 saturated carbocycles. The van der Waals surface area contributed by atoms with E-state index < -0.39 is 10.0 Å². The highest BCUT2D eigenvalue weighted by molar-refractivity contribution is 7.89. The van der Waals surface area contributed by atoms with Gasteiger partial charge in [-0.2, -0.15) is 4.31 Å². The molecule has 0 spiro atoms. The number of pyridine rings is 1. The number of hydrogen-bond acceptors (Lipinski definition) is 5. The van der Waals surface area contributed by atoms with Gasteiger partial charge in [-0.1, -0.05) is 25.4 Å². The summed E-state index contributed by atoms with van der Waals surface area (Å²) in [6.45, 7) is 9.42. The molecule has 0 aliphatic carbocycles. The Labute approximate surface area is 191 Å². The minimum Gasteiger partial charge on any atom is -0.356 e. The molecule has 1 aromatic heterocycles. The van der Waals surface area contributed by atoms with Crippen LogP contribution in [0.4, 0.5) is 0 Å². The Morgan fingerprint density at radius 2 is 1.87 bits per heavy atom. The predicted octanol–water partition coefficient (Wildman–Crippen LogP) is 3.01. The maximum absolute atomic E-state index is 12.8. The van der Waals surface area contributed by atoms with Crippen LogP contribution in [0.5, 0.6) is 0 Å². The molecule has 0 bridgehead atoms. The van der Waals surface area contributed by atoms with Crippen molar-refractivity contribution < 1.29 is 13.2 Å². The first-order chi connectivity index (χ1) is 14.8. The number of carbonyl (C=O) groups excluding carboxylic acids is 1. The molecule has 2 unspecified atom stereocenters. The minimum atomic E-state index is -3.68. The predicted molar refractivity (Wildman–Crippen MR) is 122 cm³/mol. The summed E-state index contributed by atoms with van der Waals surface area (Å²) in [4.78, 5) is 18.9. The first kappa shape index (κ1) is 24.4. The average Bonchev–Trinajstić information content (AvgIpc) is 2.73. The van der Waals surface area contributed by atoms with Crippen LogP contribution >= 0.6 is 11.6 Å². The van der Waals surface area contributed by atoms with Gasteiger partial charge in [-0.15, -0.1) is 0 Å². The smallest absolute Gasteiger partial charge is 0.246 e. The summed E-state index contributed by atoms with van der Waals surface area (Å²) in [5.74, 6) is 1.44. The summed E-state index contributed by atoms with van der Waals surface area (Å²) in [6, 6.07) is 3.03. The van der Waals surface area contributed by atoms with Crippen molar-refractivity contribution in [2.24, 2.45) is 17.8 Å². The molecule has 2 atom stereocenters. The molecule has 9 heteroatoms. The van der Waals surface area contributed by atoms with Crippen molar-refractivity contribution in [1.82, 2.24) is 19.5 Å². The number of amides is 1. The number of unbranched alkanes of at least 4 members (excludes halogenated alkanes) is 1. The third-order valence-corrected chi connectivity index (χ3v) is 8.66. The lowest BCUT2D eigenvalue weighted by Gasteiger charge is -2.35. The molecule has 2 aliphatic rings. The zero-order chi connectivity index (χ0) is 22.4. The summed E-state index contributed by atoms with van der Waals surface area (Å²) in [5, 5.41) is 3.03. The molecule has 1 amide bonds. The number of piperidine rings is 2. The highest BCUT2D eigenvalue weighted by Gasteiger charge is 2.33. The van der Waals surface area contributed by atoms with Gasteiger partial charge in [0.2, 0.25) is 15.9 Å². The van der Waals surface area contributed by atoms with E-state index in [0.29, 0.717) is 32.5 Å². The normalized spacial score (nSPS) is 24.2. The molecule has 1 aromatic rings. The van der Waals surface area contributed by atoms with Gasteiger partial charge in [0.25, 0.3) is 0 Å². The second-order valence-electron chi connectivity index (χ2n) is 9.17. The monoisotopic (exact) mass is 470 g/mol. The molecule has 0 aromatic carbocycles. The number of carbonyl (C=O) groups is 1. The zero-order valence-electron chi connectivity index (χ0n) is 18.6. The fourth-order valence-electron chi connectivity index (χ4n) is 4.85. The molecular weight excluding hydrogens is 436 g/mol. The maximum atomic E-state index is 12.8. The van der Waals surface area contributed by atoms with Crippen molar-refractivity contribution >= 4 is 27.5 Å². The van der Waals surface area contributed by atoms with E-state index in [1.54, 1.807) is 6.07 Å². The third-order valence-electron chi connectivity index (χ3n) is 6.31. The van der Waals surface area contributed by atoms with Gasteiger partial charge in [0.1, 0.15) is 10.0 Å². The first-order valence-corrected chi connectivity index (χ1v) is 13.2. The van der Waals surface area contributed by atoms with E-state index in [0.717, 1.165) is 31.2 Å². The van der Waals surface area contributed by atoms with E-state index in [9.17, 15) is 13.2 Å². The van der Waals surface area contributed by atoms with Crippen LogP contribution in [0, 0.1) is 17.8 Å². The van der Waals surface area contributed by atoms with Crippen LogP contribution in [0.1, 0.15) is 46.0 Å². The van der Waals surface area contributed by atoms with Gasteiger partial charge in [-0.05, 0) is 62.6 Å². The number of hydrogen-bond donors (Lipinski definition) is 1. The van der Waals surface area contributed by atoms with Crippen molar-refractivity contribution in [2.75, 3.05) is 39.3 Å². The summed E-state index contributed by atoms with van der Waals surface area (Å²) in [5.41, 5.74) is 0. The second-order valence-corrected chi connectivity index (χ2v) is 11.4. The number of aromatic nitrogens is 1. The summed E-state index contributed by atoms with van der Waals surface area (Å²) >= 11 is 5.97. The number of nitrogens with zero attached hydrogens (tertiary/aromatic N) is 3. The van der Waals surface area contributed by atoms with E-state index in [4.69, 9.17) is 11.6 Å². The van der Waals surface area contributed by atoms with Crippen molar-refractivity contribution in [3.63, 3.8) is 0 Å². The standard InChI is InChI=1S/C22H35ClN4O3S/c1-17-14-18(2)16-26(15-17)11-4-3-9-25-22(28)19-7-12-27(13-8-19)31(29,30)20-6-5-10-24-21(20)23/h5-6,10,17-19H,3-4,7-9,11-16H2,1-2H3,(H,25,28). The maximum Gasteiger partial charge on any atom is 0.246 e. The Morgan fingerprint density at radius 1 is 1.19 bits per heavy atom. The topological polar surface area (TPSA) is 82.6 Å². The lowest BCUT2D eigenvalue weighted by molar-refractivity contribution is -0.126. The molecule has 0 radical (unpaired) electrons. The van der Waals surface area contributed by atoms with Crippen LogP contribution in [-0.2, 0) is 14.8 Å². The van der Waals surface area contributed by atoms with Crippen LogP contribution in [0.2, 0.25) is 5.15 Å². The molecule has 2 fully saturated rings. The second kappa shape index (κ2) is 11.1. The number of halogens is 1. The molecule has 174 valence electrons. The Balaban J connectivity index is 1.36. The average molecular weight is 471 g/mol. The van der Waals surface area contributed by atoms with E-state index >= 15 is 0 Å². The van der Waals surface area contributed by atoms with Gasteiger partial charge in [-0.25, -0.2) is 13.4 Å². The molecule has 31 heavy (non-hydrogen) atoms. The van der Waals surface area contributed by atoms with E-state index in [-0.39, 0.29) is 21.9 Å². The number of sulfonamides is 1. The number of nitrogens with one attached hydrogen (secondary N) is 1. The lowest BCUT2D eigenvalue weighted by Crippen LogP contribution is -2.43. The number of likely N-dealkylation sites (tertiary alicyclic amines) is 1. The van der Waals surface area contributed by atoms with Gasteiger partial charge in [-0.3, -0.25) is 4.79 Å². The van der Waals surface area contributed by atoms with Crippen molar-refractivity contribution in [2.45, 2.75) is 50.8 Å². The molecule has 1 N–H and O–H groups in total. The minimum absolute atomic E-state index is 0.0177. The van der Waals surface area contributed by atoms with Crippen LogP contribution in [0.3, 0.4) is 0 Å². The molecular formula is C22H35ClN4O3S. The Bertz CT molecular complexity index is 833. The fourth-order valence-corrected chi connectivity index (χ4v) is 6.75. The Hall–Kier alpha value is -1.22. The quantitative estimate of drug-likeness (QED) is 0.466. The highest BCUT2D eigenvalue weighted by Crippen LogP contribution is 2.27. The van der Waals surface area contributed by atoms with Gasteiger partial charge in [0.05, 0.1) is 0 Å². The Morgan fingerprint density at radius 3 is 2.52 bits per heavy atom. The van der Waals surface area contributed by atoms with Gasteiger partial charge in [0, 0.05) is 44.8 Å². The highest BCUT2D eigenvalue weighted by atomic mass is 35.5. The lowest BCUT2D eigenvalue weighted by atomic mass is 9.92. The Kier molecular flexibility index (Phi) is 8.73. The number of rotatable bonds is 8. The summed E-state index contributed by atoms with van der Waals surface area (Å²) in [6.07, 6.45) is 5.88. The molecule has 2 aliphatic heterocycles. The molecule has 3 rings (SSSR count). The van der Waals surface area contributed by atoms with E-state index in [1.165, 1.54) is 36.1 Å². The van der Waals surface area contributed by atoms with E-state index in [1.807, 2.05) is 0 Å². The molecule has 2 saturated heterocycles. The SMILES string of the molecule is CC1CC(C)CN(CCCCNC(=O)C2CCN(S(=O)(=O)c3cccnc3Cl)CC2)C1. The molecule has 7 nitrogen and oxygen atoms in total. The summed E-state index contributed by atoms with van der Waals surface area (Å²) < 4.78 is 27.0. The van der Waals surface area contributed by atoms with Crippen molar-refractivity contribution in [3.8, 4) is 0 Å². The van der Waals surface area contributed by atoms with Crippen LogP contribution in [-0.4, -0.2) is 67.8 Å². The van der Waals surface area contributed by atoms with Crippen LogP contribution in [0.25, 0.3) is 0 Å². The van der Waals surface area contributed by atoms with Crippen molar-refractivity contribution in [3.05, 3.63) is 23.5 Å². The molecule has 3 heterocycles. The largest absolute Gasteiger partial charge is 0.356 e. The summed E-state index contributed by atoms with van der Waals surface area (Å²) in [7, 11) is -3.68. The first-order valence-electron chi connectivity index (χ1n) is 11.4. The van der Waals surface area contributed by atoms with Crippen molar-refractivity contribution in [1.29, 1.82) is 0 Å². The van der Waals surface area contributed by atoms with E-state index in [2.05, 4.69) is 29.0 Å². The van der Waals surface area contributed by atoms with Gasteiger partial charge >= 0.3 is 0 Å². The third kappa shape index (κ3) is 6.63. The van der Waals surface area contributed by atoms with Crippen LogP contribution < -0.4 is 5.32 Å². The van der Waals surface area contributed by atoms with Crippen LogP contribution in [0.15, 0.2) is 23.2 Å².